The van der Waals surface area contributed by atoms with Gasteiger partial charge in [-0.2, -0.15) is 0 Å². The van der Waals surface area contributed by atoms with Crippen LogP contribution in [-0.2, 0) is 14.3 Å². The van der Waals surface area contributed by atoms with Gasteiger partial charge in [-0.25, -0.2) is 4.79 Å². The standard InChI is InChI=1S/C18H24N4O4/c1-26-18(25)15-12-22(10-11-23)17(24)16(15)20-13-2-4-14(5-3-13)21-8-6-19-7-9-21/h2-5,19-20,23H,6-12H2,1H3. The smallest absolute Gasteiger partial charge is 0.337 e. The van der Waals surface area contributed by atoms with Gasteiger partial charge in [-0.05, 0) is 24.3 Å². The quantitative estimate of drug-likeness (QED) is 0.603. The minimum Gasteiger partial charge on any atom is -0.466 e. The average molecular weight is 360 g/mol. The summed E-state index contributed by atoms with van der Waals surface area (Å²) in [7, 11) is 1.29. The second-order valence-corrected chi connectivity index (χ2v) is 6.20. The first-order valence-electron chi connectivity index (χ1n) is 8.68. The Morgan fingerprint density at radius 1 is 1.27 bits per heavy atom. The highest BCUT2D eigenvalue weighted by Gasteiger charge is 2.34. The summed E-state index contributed by atoms with van der Waals surface area (Å²) >= 11 is 0. The van der Waals surface area contributed by atoms with Crippen LogP contribution >= 0.6 is 0 Å². The molecule has 1 aromatic carbocycles. The number of anilines is 2. The van der Waals surface area contributed by atoms with Crippen LogP contribution in [0.3, 0.4) is 0 Å². The fourth-order valence-corrected chi connectivity index (χ4v) is 3.17. The van der Waals surface area contributed by atoms with Gasteiger partial charge >= 0.3 is 5.97 Å². The number of nitrogens with one attached hydrogen (secondary N) is 2. The molecule has 0 aliphatic carbocycles. The molecular formula is C18H24N4O4. The predicted octanol–water partition coefficient (Wildman–Crippen LogP) is -0.230. The van der Waals surface area contributed by atoms with Crippen molar-refractivity contribution in [2.75, 3.05) is 63.2 Å². The van der Waals surface area contributed by atoms with Crippen LogP contribution in [0.15, 0.2) is 35.5 Å². The molecule has 2 aliphatic rings. The topological polar surface area (TPSA) is 94.1 Å². The van der Waals surface area contributed by atoms with E-state index in [9.17, 15) is 9.59 Å². The monoisotopic (exact) mass is 360 g/mol. The first-order valence-corrected chi connectivity index (χ1v) is 8.68. The van der Waals surface area contributed by atoms with E-state index in [1.807, 2.05) is 24.3 Å². The molecule has 2 aliphatic heterocycles. The number of β-amino-alcohol motifs (C(OH)–C–C–N with tert-alkyl or cyclic N) is 1. The zero-order chi connectivity index (χ0) is 18.5. The Morgan fingerprint density at radius 2 is 1.96 bits per heavy atom. The van der Waals surface area contributed by atoms with Crippen LogP contribution in [0, 0.1) is 0 Å². The normalized spacial score (nSPS) is 17.7. The Kier molecular flexibility index (Phi) is 5.75. The van der Waals surface area contributed by atoms with Gasteiger partial charge in [0.05, 0.1) is 25.8 Å². The lowest BCUT2D eigenvalue weighted by Gasteiger charge is -2.29. The molecule has 26 heavy (non-hydrogen) atoms. The summed E-state index contributed by atoms with van der Waals surface area (Å²) in [5.41, 5.74) is 2.33. The molecule has 8 heteroatoms. The van der Waals surface area contributed by atoms with E-state index >= 15 is 0 Å². The summed E-state index contributed by atoms with van der Waals surface area (Å²) in [4.78, 5) is 28.2. The number of benzene rings is 1. The summed E-state index contributed by atoms with van der Waals surface area (Å²) in [6.07, 6.45) is 0. The lowest BCUT2D eigenvalue weighted by atomic mass is 10.2. The Hall–Kier alpha value is -2.58. The van der Waals surface area contributed by atoms with E-state index in [1.165, 1.54) is 12.0 Å². The number of esters is 1. The summed E-state index contributed by atoms with van der Waals surface area (Å²) < 4.78 is 4.78. The maximum atomic E-state index is 12.5. The molecule has 0 spiro atoms. The van der Waals surface area contributed by atoms with Gasteiger partial charge in [0.1, 0.15) is 5.70 Å². The fraction of sp³-hybridized carbons (Fsp3) is 0.444. The second kappa shape index (κ2) is 8.20. The number of hydrogen-bond donors (Lipinski definition) is 3. The van der Waals surface area contributed by atoms with Gasteiger partial charge in [-0.1, -0.05) is 0 Å². The zero-order valence-electron chi connectivity index (χ0n) is 14.8. The molecule has 1 fully saturated rings. The van der Waals surface area contributed by atoms with Gasteiger partial charge in [-0.3, -0.25) is 4.79 Å². The lowest BCUT2D eigenvalue weighted by Crippen LogP contribution is -2.43. The van der Waals surface area contributed by atoms with E-state index < -0.39 is 5.97 Å². The van der Waals surface area contributed by atoms with Crippen molar-refractivity contribution in [2.45, 2.75) is 0 Å². The van der Waals surface area contributed by atoms with Crippen molar-refractivity contribution >= 4 is 23.3 Å². The minimum atomic E-state index is -0.543. The van der Waals surface area contributed by atoms with E-state index in [2.05, 4.69) is 15.5 Å². The first kappa shape index (κ1) is 18.2. The molecule has 0 bridgehead atoms. The summed E-state index contributed by atoms with van der Waals surface area (Å²) in [6, 6.07) is 7.77. The maximum absolute atomic E-state index is 12.5. The van der Waals surface area contributed by atoms with Crippen LogP contribution in [0.1, 0.15) is 0 Å². The molecule has 1 aromatic rings. The van der Waals surface area contributed by atoms with Crippen LogP contribution in [0.4, 0.5) is 11.4 Å². The van der Waals surface area contributed by atoms with Crippen LogP contribution in [0.25, 0.3) is 0 Å². The Labute approximate surface area is 152 Å². The molecule has 0 atom stereocenters. The molecule has 0 saturated carbocycles. The third kappa shape index (κ3) is 3.81. The molecular weight excluding hydrogens is 336 g/mol. The van der Waals surface area contributed by atoms with E-state index in [0.717, 1.165) is 37.6 Å². The van der Waals surface area contributed by atoms with E-state index in [-0.39, 0.29) is 36.9 Å². The SMILES string of the molecule is COC(=O)C1=C(Nc2ccc(N3CCNCC3)cc2)C(=O)N(CCO)C1. The highest BCUT2D eigenvalue weighted by atomic mass is 16.5. The number of methoxy groups -OCH3 is 1. The van der Waals surface area contributed by atoms with Crippen molar-refractivity contribution in [2.24, 2.45) is 0 Å². The number of piperazine rings is 1. The molecule has 0 radical (unpaired) electrons. The molecule has 3 N–H and O–H groups in total. The number of aliphatic hydroxyl groups excluding tert-OH is 1. The number of hydrogen-bond acceptors (Lipinski definition) is 7. The summed E-state index contributed by atoms with van der Waals surface area (Å²) in [6.45, 7) is 3.99. The predicted molar refractivity (Wildman–Crippen MR) is 97.9 cm³/mol. The third-order valence-corrected chi connectivity index (χ3v) is 4.57. The molecule has 3 rings (SSSR count). The van der Waals surface area contributed by atoms with Gasteiger partial charge in [0.2, 0.25) is 0 Å². The van der Waals surface area contributed by atoms with Crippen molar-refractivity contribution in [3.63, 3.8) is 0 Å². The van der Waals surface area contributed by atoms with Gasteiger partial charge in [0, 0.05) is 44.1 Å². The number of ether oxygens (including phenoxy) is 1. The molecule has 1 amide bonds. The van der Waals surface area contributed by atoms with Crippen molar-refractivity contribution in [3.05, 3.63) is 35.5 Å². The van der Waals surface area contributed by atoms with Gasteiger partial charge in [0.15, 0.2) is 0 Å². The highest BCUT2D eigenvalue weighted by Crippen LogP contribution is 2.24. The molecule has 140 valence electrons. The molecule has 0 aromatic heterocycles. The zero-order valence-corrected chi connectivity index (χ0v) is 14.8. The van der Waals surface area contributed by atoms with E-state index in [1.54, 1.807) is 0 Å². The fourth-order valence-electron chi connectivity index (χ4n) is 3.17. The number of carbonyl (C=O) groups excluding carboxylic acids is 2. The summed E-state index contributed by atoms with van der Waals surface area (Å²) in [5, 5.41) is 15.5. The Bertz CT molecular complexity index is 696. The minimum absolute atomic E-state index is 0.132. The van der Waals surface area contributed by atoms with E-state index in [4.69, 9.17) is 9.84 Å². The largest absolute Gasteiger partial charge is 0.466 e. The molecule has 1 saturated heterocycles. The number of nitrogens with zero attached hydrogens (tertiary/aromatic N) is 2. The van der Waals surface area contributed by atoms with Gasteiger partial charge in [0.25, 0.3) is 5.91 Å². The van der Waals surface area contributed by atoms with Crippen molar-refractivity contribution < 1.29 is 19.4 Å². The van der Waals surface area contributed by atoms with Crippen molar-refractivity contribution in [1.29, 1.82) is 0 Å². The molecule has 8 nitrogen and oxygen atoms in total. The second-order valence-electron chi connectivity index (χ2n) is 6.20. The van der Waals surface area contributed by atoms with E-state index in [0.29, 0.717) is 0 Å². The number of amides is 1. The number of rotatable bonds is 6. The van der Waals surface area contributed by atoms with Crippen molar-refractivity contribution in [1.82, 2.24) is 10.2 Å². The van der Waals surface area contributed by atoms with Crippen molar-refractivity contribution in [3.8, 4) is 0 Å². The van der Waals surface area contributed by atoms with Crippen LogP contribution in [-0.4, -0.2) is 74.9 Å². The van der Waals surface area contributed by atoms with Crippen LogP contribution in [0.5, 0.6) is 0 Å². The van der Waals surface area contributed by atoms with Gasteiger partial charge < -0.3 is 30.3 Å². The molecule has 0 unspecified atom stereocenters. The molecule has 2 heterocycles. The van der Waals surface area contributed by atoms with Gasteiger partial charge in [-0.15, -0.1) is 0 Å². The van der Waals surface area contributed by atoms with Crippen LogP contribution in [0.2, 0.25) is 0 Å². The van der Waals surface area contributed by atoms with Crippen LogP contribution < -0.4 is 15.5 Å². The third-order valence-electron chi connectivity index (χ3n) is 4.57. The average Bonchev–Trinajstić information content (AvgIpc) is 2.99. The number of carbonyl (C=O) groups is 2. The summed E-state index contributed by atoms with van der Waals surface area (Å²) in [5.74, 6) is -0.857. The number of aliphatic hydroxyl groups is 1. The Morgan fingerprint density at radius 3 is 2.58 bits per heavy atom. The lowest BCUT2D eigenvalue weighted by molar-refractivity contribution is -0.136. The Balaban J connectivity index is 1.76. The maximum Gasteiger partial charge on any atom is 0.337 e. The first-order chi connectivity index (χ1) is 12.6. The highest BCUT2D eigenvalue weighted by molar-refractivity contribution is 6.08.